The lowest BCUT2D eigenvalue weighted by molar-refractivity contribution is -0.111. The number of carbonyl (C=O) groups excluding carboxylic acids is 1. The third-order valence-corrected chi connectivity index (χ3v) is 6.31. The molecular weight excluding hydrogens is 437 g/mol. The van der Waals surface area contributed by atoms with Crippen molar-refractivity contribution >= 4 is 16.7 Å². The maximum Gasteiger partial charge on any atom is 0.275 e. The van der Waals surface area contributed by atoms with Crippen LogP contribution < -0.4 is 10.3 Å². The number of fused-ring (bicyclic) bond motifs is 1. The van der Waals surface area contributed by atoms with E-state index in [0.717, 1.165) is 0 Å². The molecule has 1 saturated heterocycles. The number of nitrogens with zero attached hydrogens (tertiary/aromatic N) is 3. The molecule has 2 aromatic carbocycles. The Morgan fingerprint density at radius 1 is 1.21 bits per heavy atom. The number of aromatic nitrogens is 2. The van der Waals surface area contributed by atoms with Crippen LogP contribution in [0.4, 0.5) is 4.39 Å². The van der Waals surface area contributed by atoms with Gasteiger partial charge in [-0.25, -0.2) is 9.07 Å². The second-order valence-corrected chi connectivity index (χ2v) is 9.28. The summed E-state index contributed by atoms with van der Waals surface area (Å²) in [5, 5.41) is 16.8. The van der Waals surface area contributed by atoms with E-state index in [9.17, 15) is 19.1 Å². The second kappa shape index (κ2) is 9.54. The molecule has 1 aromatic heterocycles. The van der Waals surface area contributed by atoms with Crippen LogP contribution in [-0.2, 0) is 6.54 Å². The summed E-state index contributed by atoms with van der Waals surface area (Å²) in [5.74, 6) is -0.0665. The Hall–Kier alpha value is -3.26. The van der Waals surface area contributed by atoms with Crippen LogP contribution in [0.15, 0.2) is 53.3 Å². The molecule has 2 atom stereocenters. The summed E-state index contributed by atoms with van der Waals surface area (Å²) < 4.78 is 20.8. The number of likely N-dealkylation sites (tertiary alicyclic amines) is 1. The van der Waals surface area contributed by atoms with Crippen molar-refractivity contribution in [3.05, 3.63) is 70.4 Å². The molecule has 3 aromatic rings. The SMILES string of the molecule is CCn1nc(C(=O)N2CC[C@@](O)(CC(C)C)[C@@H](Oc3ccc(F)cc3)C2)c2ccccc2c1=O. The number of ether oxygens (including phenoxy) is 1. The van der Waals surface area contributed by atoms with Crippen LogP contribution in [0.2, 0.25) is 0 Å². The summed E-state index contributed by atoms with van der Waals surface area (Å²) in [6.45, 7) is 6.65. The molecule has 1 fully saturated rings. The van der Waals surface area contributed by atoms with Crippen LogP contribution in [0.3, 0.4) is 0 Å². The van der Waals surface area contributed by atoms with Gasteiger partial charge in [-0.05, 0) is 56.0 Å². The number of piperidine rings is 1. The van der Waals surface area contributed by atoms with Crippen molar-refractivity contribution in [3.8, 4) is 5.75 Å². The van der Waals surface area contributed by atoms with Crippen LogP contribution >= 0.6 is 0 Å². The van der Waals surface area contributed by atoms with Crippen molar-refractivity contribution in [3.63, 3.8) is 0 Å². The molecule has 34 heavy (non-hydrogen) atoms. The molecule has 1 N–H and O–H groups in total. The zero-order valence-electron chi connectivity index (χ0n) is 19.7. The van der Waals surface area contributed by atoms with E-state index in [2.05, 4.69) is 5.10 Å². The largest absolute Gasteiger partial charge is 0.486 e. The lowest BCUT2D eigenvalue weighted by Crippen LogP contribution is -2.59. The number of aliphatic hydroxyl groups is 1. The number of carbonyl (C=O) groups is 1. The Morgan fingerprint density at radius 2 is 1.88 bits per heavy atom. The van der Waals surface area contributed by atoms with Gasteiger partial charge in [0.25, 0.3) is 11.5 Å². The Balaban J connectivity index is 1.68. The van der Waals surface area contributed by atoms with Gasteiger partial charge in [-0.3, -0.25) is 9.59 Å². The Bertz CT molecular complexity index is 1240. The average molecular weight is 468 g/mol. The molecular formula is C26H30FN3O4. The highest BCUT2D eigenvalue weighted by molar-refractivity contribution is 6.04. The van der Waals surface area contributed by atoms with Gasteiger partial charge >= 0.3 is 0 Å². The minimum Gasteiger partial charge on any atom is -0.486 e. The predicted molar refractivity (Wildman–Crippen MR) is 127 cm³/mol. The zero-order valence-corrected chi connectivity index (χ0v) is 19.7. The number of benzene rings is 2. The molecule has 1 aliphatic heterocycles. The van der Waals surface area contributed by atoms with Crippen LogP contribution in [-0.4, -0.2) is 50.5 Å². The molecule has 0 radical (unpaired) electrons. The molecule has 4 rings (SSSR count). The second-order valence-electron chi connectivity index (χ2n) is 9.28. The molecule has 2 heterocycles. The van der Waals surface area contributed by atoms with E-state index in [1.165, 1.54) is 28.9 Å². The van der Waals surface area contributed by atoms with Crippen LogP contribution in [0.1, 0.15) is 44.1 Å². The minimum absolute atomic E-state index is 0.140. The first-order valence-corrected chi connectivity index (χ1v) is 11.7. The number of hydrogen-bond acceptors (Lipinski definition) is 5. The molecule has 7 nitrogen and oxygen atoms in total. The fraction of sp³-hybridized carbons (Fsp3) is 0.423. The van der Waals surface area contributed by atoms with Crippen molar-refractivity contribution in [2.75, 3.05) is 13.1 Å². The van der Waals surface area contributed by atoms with Gasteiger partial charge in [0.15, 0.2) is 5.69 Å². The molecule has 0 spiro atoms. The van der Waals surface area contributed by atoms with E-state index in [0.29, 0.717) is 42.5 Å². The summed E-state index contributed by atoms with van der Waals surface area (Å²) in [6, 6.07) is 12.6. The van der Waals surface area contributed by atoms with Crippen molar-refractivity contribution in [2.45, 2.75) is 51.9 Å². The lowest BCUT2D eigenvalue weighted by atomic mass is 9.81. The molecule has 0 bridgehead atoms. The topological polar surface area (TPSA) is 84.7 Å². The average Bonchev–Trinajstić information content (AvgIpc) is 2.81. The lowest BCUT2D eigenvalue weighted by Gasteiger charge is -2.45. The first kappa shape index (κ1) is 23.9. The van der Waals surface area contributed by atoms with E-state index >= 15 is 0 Å². The fourth-order valence-corrected chi connectivity index (χ4v) is 4.66. The van der Waals surface area contributed by atoms with Gasteiger partial charge in [0.1, 0.15) is 23.3 Å². The van der Waals surface area contributed by atoms with Gasteiger partial charge in [0.2, 0.25) is 0 Å². The third-order valence-electron chi connectivity index (χ3n) is 6.31. The van der Waals surface area contributed by atoms with E-state index in [-0.39, 0.29) is 35.4 Å². The van der Waals surface area contributed by atoms with Gasteiger partial charge in [0.05, 0.1) is 11.9 Å². The summed E-state index contributed by atoms with van der Waals surface area (Å²) >= 11 is 0. The van der Waals surface area contributed by atoms with Crippen molar-refractivity contribution in [1.29, 1.82) is 0 Å². The molecule has 1 aliphatic rings. The van der Waals surface area contributed by atoms with Crippen LogP contribution in [0.25, 0.3) is 10.8 Å². The monoisotopic (exact) mass is 467 g/mol. The Labute approximate surface area is 197 Å². The van der Waals surface area contributed by atoms with Gasteiger partial charge in [-0.1, -0.05) is 32.0 Å². The first-order valence-electron chi connectivity index (χ1n) is 11.7. The molecule has 0 saturated carbocycles. The number of rotatable bonds is 6. The maximum absolute atomic E-state index is 13.6. The summed E-state index contributed by atoms with van der Waals surface area (Å²) in [7, 11) is 0. The van der Waals surface area contributed by atoms with Gasteiger partial charge in [0, 0.05) is 18.5 Å². The van der Waals surface area contributed by atoms with E-state index in [1.807, 2.05) is 13.8 Å². The highest BCUT2D eigenvalue weighted by atomic mass is 19.1. The number of hydrogen-bond donors (Lipinski definition) is 1. The predicted octanol–water partition coefficient (Wildman–Crippen LogP) is 3.63. The van der Waals surface area contributed by atoms with E-state index < -0.39 is 11.7 Å². The highest BCUT2D eigenvalue weighted by Crippen LogP contribution is 2.33. The van der Waals surface area contributed by atoms with Crippen LogP contribution in [0.5, 0.6) is 5.75 Å². The first-order chi connectivity index (χ1) is 16.2. The molecule has 8 heteroatoms. The summed E-state index contributed by atoms with van der Waals surface area (Å²) in [6.07, 6.45) is 0.123. The van der Waals surface area contributed by atoms with Crippen molar-refractivity contribution in [2.24, 2.45) is 5.92 Å². The highest BCUT2D eigenvalue weighted by Gasteiger charge is 2.45. The van der Waals surface area contributed by atoms with Gasteiger partial charge in [-0.15, -0.1) is 0 Å². The number of halogens is 1. The number of aryl methyl sites for hydroxylation is 1. The molecule has 1 amide bonds. The summed E-state index contributed by atoms with van der Waals surface area (Å²) in [5.41, 5.74) is -1.18. The van der Waals surface area contributed by atoms with Crippen molar-refractivity contribution in [1.82, 2.24) is 14.7 Å². The third kappa shape index (κ3) is 4.68. The standard InChI is InChI=1S/C26H30FN3O4/c1-4-30-24(31)21-8-6-5-7-20(21)23(28-30)25(32)29-14-13-26(33,15-17(2)3)22(16-29)34-19-11-9-18(27)10-12-19/h5-12,17,22,33H,4,13-16H2,1-3H3/t22-,26+/m0/s1. The number of amides is 1. The van der Waals surface area contributed by atoms with Gasteiger partial charge < -0.3 is 14.7 Å². The summed E-state index contributed by atoms with van der Waals surface area (Å²) in [4.78, 5) is 27.9. The Morgan fingerprint density at radius 3 is 2.53 bits per heavy atom. The molecule has 0 aliphatic carbocycles. The molecule has 0 unspecified atom stereocenters. The normalized spacial score (nSPS) is 20.6. The van der Waals surface area contributed by atoms with Gasteiger partial charge in [-0.2, -0.15) is 5.10 Å². The zero-order chi connectivity index (χ0) is 24.5. The molecule has 180 valence electrons. The van der Waals surface area contributed by atoms with Crippen LogP contribution in [0, 0.1) is 11.7 Å². The van der Waals surface area contributed by atoms with E-state index in [1.54, 1.807) is 36.1 Å². The maximum atomic E-state index is 13.6. The quantitative estimate of drug-likeness (QED) is 0.599. The fourth-order valence-electron chi connectivity index (χ4n) is 4.66. The van der Waals surface area contributed by atoms with E-state index in [4.69, 9.17) is 4.74 Å². The Kier molecular flexibility index (Phi) is 6.70. The van der Waals surface area contributed by atoms with Crippen molar-refractivity contribution < 1.29 is 19.0 Å². The minimum atomic E-state index is -1.14. The smallest absolute Gasteiger partial charge is 0.275 e.